The highest BCUT2D eigenvalue weighted by molar-refractivity contribution is 7.89. The van der Waals surface area contributed by atoms with Crippen molar-refractivity contribution in [3.05, 3.63) is 29.8 Å². The van der Waals surface area contributed by atoms with Gasteiger partial charge in [-0.05, 0) is 68.8 Å². The summed E-state index contributed by atoms with van der Waals surface area (Å²) in [5.74, 6) is 0.717. The molecule has 7 heteroatoms. The van der Waals surface area contributed by atoms with Gasteiger partial charge in [-0.1, -0.05) is 12.1 Å². The zero-order chi connectivity index (χ0) is 18.4. The van der Waals surface area contributed by atoms with Crippen LogP contribution in [-0.2, 0) is 21.4 Å². The lowest BCUT2D eigenvalue weighted by molar-refractivity contribution is -0.121. The maximum Gasteiger partial charge on any atom is 0.243 e. The fraction of sp³-hybridized carbons (Fsp3) is 0.632. The Balaban J connectivity index is 1.45. The standard InChI is InChI=1S/C19H29N3O3S/c23-19(8-5-16-9-11-20-12-10-16)21-15-17-3-6-18(7-4-17)26(24,25)22-13-1-2-14-22/h3-4,6-7,16,20H,1-2,5,8-15H2,(H,21,23). The molecule has 0 radical (unpaired) electrons. The van der Waals surface area contributed by atoms with E-state index in [1.165, 1.54) is 0 Å². The summed E-state index contributed by atoms with van der Waals surface area (Å²) in [7, 11) is -3.37. The summed E-state index contributed by atoms with van der Waals surface area (Å²) in [6.45, 7) is 3.77. The van der Waals surface area contributed by atoms with Crippen molar-refractivity contribution >= 4 is 15.9 Å². The lowest BCUT2D eigenvalue weighted by Crippen LogP contribution is -2.29. The molecule has 2 fully saturated rings. The van der Waals surface area contributed by atoms with Crippen molar-refractivity contribution in [1.29, 1.82) is 0 Å². The molecule has 26 heavy (non-hydrogen) atoms. The van der Waals surface area contributed by atoms with E-state index in [0.717, 1.165) is 50.8 Å². The highest BCUT2D eigenvalue weighted by Gasteiger charge is 2.26. The van der Waals surface area contributed by atoms with Crippen molar-refractivity contribution in [2.75, 3.05) is 26.2 Å². The maximum atomic E-state index is 12.5. The number of hydrogen-bond acceptors (Lipinski definition) is 4. The van der Waals surface area contributed by atoms with E-state index in [-0.39, 0.29) is 5.91 Å². The number of carbonyl (C=O) groups is 1. The van der Waals surface area contributed by atoms with E-state index in [1.54, 1.807) is 28.6 Å². The fourth-order valence-corrected chi connectivity index (χ4v) is 5.17. The average molecular weight is 380 g/mol. The van der Waals surface area contributed by atoms with Crippen LogP contribution in [0, 0.1) is 5.92 Å². The molecule has 2 heterocycles. The predicted molar refractivity (Wildman–Crippen MR) is 101 cm³/mol. The van der Waals surface area contributed by atoms with E-state index >= 15 is 0 Å². The predicted octanol–water partition coefficient (Wildman–Crippen LogP) is 1.87. The molecule has 0 aromatic heterocycles. The first kappa shape index (κ1) is 19.3. The minimum absolute atomic E-state index is 0.0669. The number of nitrogens with zero attached hydrogens (tertiary/aromatic N) is 1. The van der Waals surface area contributed by atoms with Crippen molar-refractivity contribution in [3.8, 4) is 0 Å². The average Bonchev–Trinajstić information content (AvgIpc) is 3.21. The second-order valence-electron chi connectivity index (χ2n) is 7.26. The monoisotopic (exact) mass is 379 g/mol. The van der Waals surface area contributed by atoms with Crippen LogP contribution in [0.25, 0.3) is 0 Å². The van der Waals surface area contributed by atoms with Gasteiger partial charge >= 0.3 is 0 Å². The van der Waals surface area contributed by atoms with Gasteiger partial charge in [-0.3, -0.25) is 4.79 Å². The first-order valence-electron chi connectivity index (χ1n) is 9.62. The van der Waals surface area contributed by atoms with Crippen LogP contribution < -0.4 is 10.6 Å². The van der Waals surface area contributed by atoms with Gasteiger partial charge in [-0.2, -0.15) is 4.31 Å². The minimum Gasteiger partial charge on any atom is -0.352 e. The van der Waals surface area contributed by atoms with E-state index in [1.807, 2.05) is 0 Å². The molecule has 2 aliphatic heterocycles. The normalized spacial score (nSPS) is 19.5. The molecule has 0 atom stereocenters. The van der Waals surface area contributed by atoms with Gasteiger partial charge in [0.15, 0.2) is 0 Å². The maximum absolute atomic E-state index is 12.5. The molecule has 1 aromatic carbocycles. The first-order chi connectivity index (χ1) is 12.6. The number of nitrogens with one attached hydrogen (secondary N) is 2. The van der Waals surface area contributed by atoms with Gasteiger partial charge in [0.05, 0.1) is 4.90 Å². The van der Waals surface area contributed by atoms with Crippen LogP contribution in [-0.4, -0.2) is 44.8 Å². The largest absolute Gasteiger partial charge is 0.352 e. The van der Waals surface area contributed by atoms with Crippen molar-refractivity contribution in [3.63, 3.8) is 0 Å². The van der Waals surface area contributed by atoms with Crippen LogP contribution in [0.3, 0.4) is 0 Å². The van der Waals surface area contributed by atoms with Gasteiger partial charge in [0, 0.05) is 26.1 Å². The number of rotatable bonds is 7. The van der Waals surface area contributed by atoms with Gasteiger partial charge in [-0.15, -0.1) is 0 Å². The van der Waals surface area contributed by atoms with Gasteiger partial charge < -0.3 is 10.6 Å². The van der Waals surface area contributed by atoms with Gasteiger partial charge in [0.2, 0.25) is 15.9 Å². The molecule has 2 saturated heterocycles. The summed E-state index contributed by atoms with van der Waals surface area (Å²) in [4.78, 5) is 12.4. The molecule has 1 amide bonds. The molecule has 0 bridgehead atoms. The van der Waals surface area contributed by atoms with Crippen LogP contribution >= 0.6 is 0 Å². The number of amides is 1. The number of piperidine rings is 1. The molecule has 3 rings (SSSR count). The zero-order valence-electron chi connectivity index (χ0n) is 15.2. The Kier molecular flexibility index (Phi) is 6.67. The number of carbonyl (C=O) groups excluding carboxylic acids is 1. The van der Waals surface area contributed by atoms with Crippen molar-refractivity contribution in [2.45, 2.75) is 50.0 Å². The zero-order valence-corrected chi connectivity index (χ0v) is 16.1. The molecular formula is C19H29N3O3S. The Morgan fingerprint density at radius 1 is 1.12 bits per heavy atom. The Labute approximate surface area is 156 Å². The highest BCUT2D eigenvalue weighted by atomic mass is 32.2. The molecule has 0 spiro atoms. The minimum atomic E-state index is -3.37. The summed E-state index contributed by atoms with van der Waals surface area (Å²) in [5.41, 5.74) is 0.917. The Morgan fingerprint density at radius 2 is 1.77 bits per heavy atom. The van der Waals surface area contributed by atoms with E-state index < -0.39 is 10.0 Å². The SMILES string of the molecule is O=C(CCC1CCNCC1)NCc1ccc(S(=O)(=O)N2CCCC2)cc1. The summed E-state index contributed by atoms with van der Waals surface area (Å²) < 4.78 is 26.5. The quantitative estimate of drug-likeness (QED) is 0.758. The molecule has 144 valence electrons. The van der Waals surface area contributed by atoms with Crippen LogP contribution in [0.4, 0.5) is 0 Å². The molecule has 1 aromatic rings. The number of benzene rings is 1. The molecule has 6 nitrogen and oxygen atoms in total. The third-order valence-corrected chi connectivity index (χ3v) is 7.27. The lowest BCUT2D eigenvalue weighted by Gasteiger charge is -2.22. The fourth-order valence-electron chi connectivity index (χ4n) is 3.65. The topological polar surface area (TPSA) is 78.5 Å². The second-order valence-corrected chi connectivity index (χ2v) is 9.20. The summed E-state index contributed by atoms with van der Waals surface area (Å²) >= 11 is 0. The van der Waals surface area contributed by atoms with Crippen molar-refractivity contribution in [2.24, 2.45) is 5.92 Å². The Morgan fingerprint density at radius 3 is 2.42 bits per heavy atom. The van der Waals surface area contributed by atoms with E-state index in [0.29, 0.717) is 36.9 Å². The van der Waals surface area contributed by atoms with Gasteiger partial charge in [0.1, 0.15) is 0 Å². The molecular weight excluding hydrogens is 350 g/mol. The molecule has 2 N–H and O–H groups in total. The molecule has 0 aliphatic carbocycles. The van der Waals surface area contributed by atoms with E-state index in [4.69, 9.17) is 0 Å². The van der Waals surface area contributed by atoms with Crippen molar-refractivity contribution < 1.29 is 13.2 Å². The van der Waals surface area contributed by atoms with Crippen LogP contribution in [0.15, 0.2) is 29.2 Å². The number of sulfonamides is 1. The van der Waals surface area contributed by atoms with Crippen LogP contribution in [0.5, 0.6) is 0 Å². The molecule has 2 aliphatic rings. The molecule has 0 saturated carbocycles. The smallest absolute Gasteiger partial charge is 0.243 e. The van der Waals surface area contributed by atoms with Gasteiger partial charge in [0.25, 0.3) is 0 Å². The number of hydrogen-bond donors (Lipinski definition) is 2. The highest BCUT2D eigenvalue weighted by Crippen LogP contribution is 2.21. The van der Waals surface area contributed by atoms with Crippen molar-refractivity contribution in [1.82, 2.24) is 14.9 Å². The molecule has 0 unspecified atom stereocenters. The van der Waals surface area contributed by atoms with Crippen LogP contribution in [0.1, 0.15) is 44.1 Å². The first-order valence-corrected chi connectivity index (χ1v) is 11.1. The third-order valence-electron chi connectivity index (χ3n) is 5.35. The summed E-state index contributed by atoms with van der Waals surface area (Å²) in [6, 6.07) is 6.86. The van der Waals surface area contributed by atoms with Crippen LogP contribution in [0.2, 0.25) is 0 Å². The second kappa shape index (κ2) is 8.97. The summed E-state index contributed by atoms with van der Waals surface area (Å²) in [5, 5.41) is 6.27. The van der Waals surface area contributed by atoms with E-state index in [2.05, 4.69) is 10.6 Å². The summed E-state index contributed by atoms with van der Waals surface area (Å²) in [6.07, 6.45) is 5.68. The third kappa shape index (κ3) is 5.05. The van der Waals surface area contributed by atoms with Gasteiger partial charge in [-0.25, -0.2) is 8.42 Å². The van der Waals surface area contributed by atoms with E-state index in [9.17, 15) is 13.2 Å². The Hall–Kier alpha value is -1.44. The lowest BCUT2D eigenvalue weighted by atomic mass is 9.93. The Bertz CT molecular complexity index is 691.